The van der Waals surface area contributed by atoms with Gasteiger partial charge in [-0.2, -0.15) is 4.94 Å². The molecule has 0 aromatic carbocycles. The van der Waals surface area contributed by atoms with Crippen LogP contribution in [0.15, 0.2) is 0 Å². The van der Waals surface area contributed by atoms with Crippen molar-refractivity contribution in [2.45, 2.75) is 45.3 Å². The van der Waals surface area contributed by atoms with Gasteiger partial charge in [-0.1, -0.05) is 0 Å². The van der Waals surface area contributed by atoms with Gasteiger partial charge in [0.2, 0.25) is 0 Å². The average Bonchev–Trinajstić information content (AvgIpc) is 2.15. The van der Waals surface area contributed by atoms with Crippen LogP contribution in [0, 0.1) is 0 Å². The van der Waals surface area contributed by atoms with Crippen LogP contribution in [0.25, 0.3) is 0 Å². The summed E-state index contributed by atoms with van der Waals surface area (Å²) in [5.41, 5.74) is -0.482. The summed E-state index contributed by atoms with van der Waals surface area (Å²) < 4.78 is 17.0. The van der Waals surface area contributed by atoms with Crippen molar-refractivity contribution in [3.05, 3.63) is 0 Å². The topological polar surface area (TPSA) is 38.8 Å². The zero-order valence-electron chi connectivity index (χ0n) is 9.46. The van der Waals surface area contributed by atoms with E-state index in [2.05, 4.69) is 4.94 Å². The second kappa shape index (κ2) is 4.79. The number of carbonyl (C=O) groups is 1. The zero-order valence-corrected chi connectivity index (χ0v) is 9.46. The van der Waals surface area contributed by atoms with Gasteiger partial charge in [0.1, 0.15) is 11.7 Å². The Morgan fingerprint density at radius 2 is 1.87 bits per heavy atom. The lowest BCUT2D eigenvalue weighted by atomic mass is 10.1. The van der Waals surface area contributed by atoms with Gasteiger partial charge >= 0.3 is 6.09 Å². The Morgan fingerprint density at radius 3 is 2.27 bits per heavy atom. The molecule has 0 aromatic rings. The summed E-state index contributed by atoms with van der Waals surface area (Å²) in [6.45, 7) is 6.44. The minimum absolute atomic E-state index is 0.334. The molecule has 88 valence electrons. The van der Waals surface area contributed by atoms with Crippen LogP contribution >= 0.6 is 0 Å². The fourth-order valence-electron chi connectivity index (χ4n) is 1.45. The third-order valence-electron chi connectivity index (χ3n) is 2.22. The second-order valence-corrected chi connectivity index (χ2v) is 4.76. The molecule has 1 saturated heterocycles. The fourth-order valence-corrected chi connectivity index (χ4v) is 1.45. The third-order valence-corrected chi connectivity index (χ3v) is 2.22. The summed E-state index contributed by atoms with van der Waals surface area (Å²) >= 11 is 0. The number of rotatable bonds is 1. The van der Waals surface area contributed by atoms with Gasteiger partial charge in [-0.25, -0.2) is 4.79 Å². The summed E-state index contributed by atoms with van der Waals surface area (Å²) in [6, 6.07) is 0. The lowest BCUT2D eigenvalue weighted by Crippen LogP contribution is -2.43. The van der Waals surface area contributed by atoms with Gasteiger partial charge in [0.15, 0.2) is 0 Å². The number of hydrogen-bond donors (Lipinski definition) is 0. The Bertz CT molecular complexity index is 219. The highest BCUT2D eigenvalue weighted by atomic mass is 19.3. The smallest absolute Gasteiger partial charge is 0.410 e. The number of piperidine rings is 1. The van der Waals surface area contributed by atoms with Gasteiger partial charge in [0.25, 0.3) is 0 Å². The molecule has 1 amide bonds. The first kappa shape index (κ1) is 12.2. The number of amides is 1. The summed E-state index contributed by atoms with van der Waals surface area (Å²) in [5.74, 6) is 0. The number of carbonyl (C=O) groups excluding carboxylic acids is 1. The largest absolute Gasteiger partial charge is 0.444 e. The van der Waals surface area contributed by atoms with Gasteiger partial charge in [0, 0.05) is 13.1 Å². The Morgan fingerprint density at radius 1 is 1.33 bits per heavy atom. The maximum atomic E-state index is 11.8. The summed E-state index contributed by atoms with van der Waals surface area (Å²) in [4.78, 5) is 16.9. The standard InChI is InChI=1S/C10H18FNO3/c1-10(2,3)14-9(13)12-6-4-8(15-11)5-7-12/h8H,4-7H2,1-3H3. The molecule has 0 saturated carbocycles. The van der Waals surface area contributed by atoms with E-state index in [0.717, 1.165) is 0 Å². The molecular formula is C10H18FNO3. The fraction of sp³-hybridized carbons (Fsp3) is 0.900. The van der Waals surface area contributed by atoms with Crippen LogP contribution in [-0.4, -0.2) is 35.8 Å². The van der Waals surface area contributed by atoms with E-state index >= 15 is 0 Å². The number of likely N-dealkylation sites (tertiary alicyclic amines) is 1. The summed E-state index contributed by atoms with van der Waals surface area (Å²) in [6.07, 6.45) is 0.342. The quantitative estimate of drug-likeness (QED) is 0.679. The monoisotopic (exact) mass is 219 g/mol. The predicted octanol–water partition coefficient (Wildman–Crippen LogP) is 2.29. The van der Waals surface area contributed by atoms with Crippen molar-refractivity contribution in [1.29, 1.82) is 0 Å². The normalized spacial score (nSPS) is 19.1. The summed E-state index contributed by atoms with van der Waals surface area (Å²) in [5, 5.41) is 0. The van der Waals surface area contributed by atoms with Crippen molar-refractivity contribution in [3.8, 4) is 0 Å². The molecule has 0 bridgehead atoms. The lowest BCUT2D eigenvalue weighted by Gasteiger charge is -2.31. The van der Waals surface area contributed by atoms with E-state index in [4.69, 9.17) is 4.74 Å². The molecule has 0 radical (unpaired) electrons. The van der Waals surface area contributed by atoms with E-state index in [-0.39, 0.29) is 12.2 Å². The van der Waals surface area contributed by atoms with Gasteiger partial charge in [-0.3, -0.25) is 0 Å². The van der Waals surface area contributed by atoms with E-state index in [9.17, 15) is 9.32 Å². The van der Waals surface area contributed by atoms with Crippen LogP contribution in [0.2, 0.25) is 0 Å². The molecule has 5 heteroatoms. The molecule has 1 aliphatic heterocycles. The van der Waals surface area contributed by atoms with Gasteiger partial charge in [0.05, 0.1) is 0 Å². The Hall–Kier alpha value is -0.840. The van der Waals surface area contributed by atoms with Crippen molar-refractivity contribution in [2.75, 3.05) is 13.1 Å². The number of halogens is 1. The molecule has 0 spiro atoms. The average molecular weight is 219 g/mol. The number of nitrogens with zero attached hydrogens (tertiary/aromatic N) is 1. The summed E-state index contributed by atoms with van der Waals surface area (Å²) in [7, 11) is 0. The zero-order chi connectivity index (χ0) is 11.5. The highest BCUT2D eigenvalue weighted by molar-refractivity contribution is 5.68. The van der Waals surface area contributed by atoms with Gasteiger partial charge in [-0.05, 0) is 38.1 Å². The highest BCUT2D eigenvalue weighted by Crippen LogP contribution is 2.17. The van der Waals surface area contributed by atoms with E-state index in [1.807, 2.05) is 20.8 Å². The Balaban J connectivity index is 2.37. The van der Waals surface area contributed by atoms with Crippen LogP contribution in [0.5, 0.6) is 0 Å². The van der Waals surface area contributed by atoms with Crippen molar-refractivity contribution in [3.63, 3.8) is 0 Å². The highest BCUT2D eigenvalue weighted by Gasteiger charge is 2.27. The van der Waals surface area contributed by atoms with Crippen LogP contribution in [-0.2, 0) is 9.68 Å². The first-order chi connectivity index (χ1) is 6.92. The number of ether oxygens (including phenoxy) is 1. The van der Waals surface area contributed by atoms with Gasteiger partial charge < -0.3 is 9.64 Å². The molecular weight excluding hydrogens is 201 g/mol. The molecule has 0 N–H and O–H groups in total. The first-order valence-corrected chi connectivity index (χ1v) is 5.17. The molecule has 1 fully saturated rings. The Labute approximate surface area is 89.2 Å². The Kier molecular flexibility index (Phi) is 3.90. The predicted molar refractivity (Wildman–Crippen MR) is 53.0 cm³/mol. The second-order valence-electron chi connectivity index (χ2n) is 4.76. The molecule has 1 rings (SSSR count). The van der Waals surface area contributed by atoms with Crippen LogP contribution < -0.4 is 0 Å². The molecule has 0 aromatic heterocycles. The maximum Gasteiger partial charge on any atom is 0.410 e. The van der Waals surface area contributed by atoms with Crippen LogP contribution in [0.1, 0.15) is 33.6 Å². The molecule has 1 heterocycles. The van der Waals surface area contributed by atoms with Gasteiger partial charge in [-0.15, -0.1) is 0 Å². The molecule has 0 aliphatic carbocycles. The SMILES string of the molecule is CC(C)(C)OC(=O)N1CCC(OF)CC1. The first-order valence-electron chi connectivity index (χ1n) is 5.17. The van der Waals surface area contributed by atoms with Crippen LogP contribution in [0.4, 0.5) is 9.32 Å². The molecule has 0 atom stereocenters. The van der Waals surface area contributed by atoms with E-state index < -0.39 is 5.60 Å². The van der Waals surface area contributed by atoms with Crippen molar-refractivity contribution < 1.29 is 19.0 Å². The van der Waals surface area contributed by atoms with E-state index in [1.54, 1.807) is 4.90 Å². The van der Waals surface area contributed by atoms with Crippen molar-refractivity contribution in [2.24, 2.45) is 0 Å². The van der Waals surface area contributed by atoms with Crippen LogP contribution in [0.3, 0.4) is 0 Å². The number of hydrogen-bond acceptors (Lipinski definition) is 3. The molecule has 1 aliphatic rings. The molecule has 4 nitrogen and oxygen atoms in total. The minimum atomic E-state index is -0.482. The lowest BCUT2D eigenvalue weighted by molar-refractivity contribution is -0.190. The van der Waals surface area contributed by atoms with E-state index in [0.29, 0.717) is 25.9 Å². The maximum absolute atomic E-state index is 11.8. The van der Waals surface area contributed by atoms with E-state index in [1.165, 1.54) is 0 Å². The van der Waals surface area contributed by atoms with Crippen molar-refractivity contribution >= 4 is 6.09 Å². The third kappa shape index (κ3) is 4.03. The molecule has 0 unspecified atom stereocenters. The van der Waals surface area contributed by atoms with Crippen molar-refractivity contribution in [1.82, 2.24) is 4.90 Å². The molecule has 15 heavy (non-hydrogen) atoms. The minimum Gasteiger partial charge on any atom is -0.444 e.